The average Bonchev–Trinajstić information content (AvgIpc) is 3.33. The van der Waals surface area contributed by atoms with Crippen LogP contribution in [-0.2, 0) is 9.36 Å². The Balaban J connectivity index is -0.000000447. The highest BCUT2D eigenvalue weighted by molar-refractivity contribution is 7.51. The van der Waals surface area contributed by atoms with Gasteiger partial charge in [-0.15, -0.1) is 0 Å². The summed E-state index contributed by atoms with van der Waals surface area (Å²) in [5.74, 6) is -1.14. The van der Waals surface area contributed by atoms with Crippen LogP contribution >= 0.6 is 7.60 Å². The Hall–Kier alpha value is -1.32. The molecule has 0 spiro atoms. The second-order valence-electron chi connectivity index (χ2n) is 21.9. The molecule has 0 radical (unpaired) electrons. The van der Waals surface area contributed by atoms with Crippen LogP contribution in [0, 0.1) is 0 Å². The number of carbonyl (C=O) groups is 1. The SMILES string of the molecule is CCCCCCCC/C=C\CCCCCCCCN(C)C.CCCCCCCC/C=C\CCCCCCCCN(C)C.CCCCCCCC/C=C\CCCCCCCCN(C)C.O=C(O)CNCP(=O)(O)O. The van der Waals surface area contributed by atoms with Crippen molar-refractivity contribution in [2.24, 2.45) is 0 Å². The van der Waals surface area contributed by atoms with Gasteiger partial charge in [-0.2, -0.15) is 0 Å². The number of rotatable bonds is 52. The lowest BCUT2D eigenvalue weighted by Crippen LogP contribution is -2.23. The molecule has 0 heterocycles. The largest absolute Gasteiger partial charge is 0.480 e. The third kappa shape index (κ3) is 93.6. The Bertz CT molecular complexity index is 1050. The molecule has 0 rings (SSSR count). The Morgan fingerprint density at radius 1 is 0.356 bits per heavy atom. The number of unbranched alkanes of at least 4 members (excludes halogenated alkanes) is 36. The van der Waals surface area contributed by atoms with Crippen LogP contribution in [0.1, 0.15) is 290 Å². The lowest BCUT2D eigenvalue weighted by Gasteiger charge is -2.08. The van der Waals surface area contributed by atoms with Gasteiger partial charge in [0.1, 0.15) is 0 Å². The number of nitrogens with one attached hydrogen (secondary N) is 1. The van der Waals surface area contributed by atoms with Crippen molar-refractivity contribution in [1.82, 2.24) is 20.0 Å². The highest BCUT2D eigenvalue weighted by atomic mass is 31.2. The van der Waals surface area contributed by atoms with E-state index in [1.165, 1.54) is 289 Å². The summed E-state index contributed by atoms with van der Waals surface area (Å²) in [6, 6.07) is 0. The van der Waals surface area contributed by atoms with Crippen LogP contribution in [0.3, 0.4) is 0 Å². The van der Waals surface area contributed by atoms with Gasteiger partial charge in [-0.05, 0) is 158 Å². The number of hydrogen-bond donors (Lipinski definition) is 4. The van der Waals surface area contributed by atoms with E-state index in [0.29, 0.717) is 0 Å². The maximum Gasteiger partial charge on any atom is 0.339 e. The Morgan fingerprint density at radius 2 is 0.548 bits per heavy atom. The lowest BCUT2D eigenvalue weighted by molar-refractivity contribution is -0.135. The Morgan fingerprint density at radius 3 is 0.726 bits per heavy atom. The molecule has 0 unspecified atom stereocenters. The zero-order chi connectivity index (χ0) is 55.0. The highest BCUT2D eigenvalue weighted by Crippen LogP contribution is 2.31. The Kier molecular flexibility index (Phi) is 73.6. The molecule has 438 valence electrons. The zero-order valence-electron chi connectivity index (χ0n) is 50.6. The van der Waals surface area contributed by atoms with E-state index in [-0.39, 0.29) is 0 Å². The fourth-order valence-corrected chi connectivity index (χ4v) is 8.74. The van der Waals surface area contributed by atoms with E-state index in [9.17, 15) is 9.36 Å². The molecule has 0 aliphatic heterocycles. The first-order chi connectivity index (χ1) is 35.2. The van der Waals surface area contributed by atoms with Crippen LogP contribution in [0.2, 0.25) is 0 Å². The molecule has 0 aromatic rings. The molecule has 0 saturated heterocycles. The first-order valence-electron chi connectivity index (χ1n) is 31.1. The molecule has 10 heteroatoms. The minimum absolute atomic E-state index is 0.439. The van der Waals surface area contributed by atoms with Gasteiger partial charge in [0, 0.05) is 0 Å². The normalized spacial score (nSPS) is 11.8. The summed E-state index contributed by atoms with van der Waals surface area (Å²) in [6.45, 7) is 10.2. The van der Waals surface area contributed by atoms with E-state index in [1.807, 2.05) is 0 Å². The van der Waals surface area contributed by atoms with Gasteiger partial charge in [0.05, 0.1) is 12.8 Å². The van der Waals surface area contributed by atoms with Crippen molar-refractivity contribution in [3.8, 4) is 0 Å². The van der Waals surface area contributed by atoms with Crippen LogP contribution in [-0.4, -0.2) is 110 Å². The molecule has 9 nitrogen and oxygen atoms in total. The van der Waals surface area contributed by atoms with Crippen molar-refractivity contribution in [3.05, 3.63) is 36.5 Å². The summed E-state index contributed by atoms with van der Waals surface area (Å²) >= 11 is 0. The molecule has 0 atom stereocenters. The van der Waals surface area contributed by atoms with Crippen LogP contribution in [0.15, 0.2) is 36.5 Å². The van der Waals surface area contributed by atoms with Gasteiger partial charge < -0.3 is 29.6 Å². The van der Waals surface area contributed by atoms with E-state index in [2.05, 4.69) is 120 Å². The predicted molar refractivity (Wildman–Crippen MR) is 327 cm³/mol. The quantitative estimate of drug-likeness (QED) is 0.0268. The fraction of sp³-hybridized carbons (Fsp3) is 0.889. The summed E-state index contributed by atoms with van der Waals surface area (Å²) in [4.78, 5) is 33.0. The number of carboxylic acid groups (broad SMARTS) is 1. The van der Waals surface area contributed by atoms with Crippen molar-refractivity contribution in [2.75, 3.05) is 74.8 Å². The molecular formula is C63H131N4O5P. The van der Waals surface area contributed by atoms with E-state index < -0.39 is 26.4 Å². The van der Waals surface area contributed by atoms with Gasteiger partial charge in [0.25, 0.3) is 0 Å². The van der Waals surface area contributed by atoms with Crippen LogP contribution < -0.4 is 5.32 Å². The summed E-state index contributed by atoms with van der Waals surface area (Å²) < 4.78 is 10.1. The van der Waals surface area contributed by atoms with Gasteiger partial charge in [-0.3, -0.25) is 14.7 Å². The summed E-state index contributed by atoms with van der Waals surface area (Å²) in [6.07, 6.45) is 72.5. The first-order valence-corrected chi connectivity index (χ1v) is 32.9. The third-order valence-corrected chi connectivity index (χ3v) is 13.6. The van der Waals surface area contributed by atoms with E-state index >= 15 is 0 Å². The minimum Gasteiger partial charge on any atom is -0.480 e. The molecular weight excluding hydrogens is 924 g/mol. The number of allylic oxidation sites excluding steroid dienone is 6. The number of aliphatic carboxylic acids is 1. The van der Waals surface area contributed by atoms with Crippen LogP contribution in [0.4, 0.5) is 0 Å². The van der Waals surface area contributed by atoms with Crippen molar-refractivity contribution in [1.29, 1.82) is 0 Å². The molecule has 0 saturated carbocycles. The predicted octanol–water partition coefficient (Wildman–Crippen LogP) is 18.6. The summed E-state index contributed by atoms with van der Waals surface area (Å²) in [5.41, 5.74) is 0. The van der Waals surface area contributed by atoms with E-state index in [1.54, 1.807) is 0 Å². The zero-order valence-corrected chi connectivity index (χ0v) is 51.5. The monoisotopic (exact) mass is 1050 g/mol. The van der Waals surface area contributed by atoms with Crippen LogP contribution in [0.5, 0.6) is 0 Å². The van der Waals surface area contributed by atoms with Crippen molar-refractivity contribution >= 4 is 13.6 Å². The summed E-state index contributed by atoms with van der Waals surface area (Å²) in [5, 5.41) is 10.1. The van der Waals surface area contributed by atoms with Gasteiger partial charge in [-0.1, -0.05) is 231 Å². The molecule has 0 aromatic carbocycles. The standard InChI is InChI=1S/3C20H41N.C3H8NO5P/c3*1-4-5-6-7-8-9-10-11-12-13-14-15-16-17-18-19-20-21(2)3;5-3(6)1-4-2-10(7,8)9/h3*11-12H,4-10,13-20H2,1-3H3;4H,1-2H2,(H,5,6)(H2,7,8,9)/b3*12-11-;. The maximum atomic E-state index is 10.1. The van der Waals surface area contributed by atoms with Gasteiger partial charge in [0.15, 0.2) is 0 Å². The molecule has 73 heavy (non-hydrogen) atoms. The van der Waals surface area contributed by atoms with Gasteiger partial charge in [0.2, 0.25) is 0 Å². The lowest BCUT2D eigenvalue weighted by atomic mass is 10.1. The second-order valence-corrected chi connectivity index (χ2v) is 23.5. The molecule has 0 amide bonds. The first kappa shape index (κ1) is 78.2. The third-order valence-electron chi connectivity index (χ3n) is 12.9. The van der Waals surface area contributed by atoms with Crippen molar-refractivity contribution in [2.45, 2.75) is 290 Å². The Labute approximate surface area is 457 Å². The molecule has 0 aromatic heterocycles. The summed E-state index contributed by atoms with van der Waals surface area (Å²) in [7, 11) is 8.89. The van der Waals surface area contributed by atoms with Gasteiger partial charge in [-0.25, -0.2) is 0 Å². The molecule has 4 N–H and O–H groups in total. The van der Waals surface area contributed by atoms with E-state index in [0.717, 1.165) is 0 Å². The molecule has 0 bridgehead atoms. The topological polar surface area (TPSA) is 117 Å². The highest BCUT2D eigenvalue weighted by Gasteiger charge is 2.11. The second kappa shape index (κ2) is 68.7. The molecule has 0 aliphatic rings. The van der Waals surface area contributed by atoms with Crippen molar-refractivity contribution < 1.29 is 24.3 Å². The number of hydrogen-bond acceptors (Lipinski definition) is 6. The van der Waals surface area contributed by atoms with E-state index in [4.69, 9.17) is 14.9 Å². The fourth-order valence-electron chi connectivity index (χ4n) is 8.34. The maximum absolute atomic E-state index is 10.1. The number of nitrogens with zero attached hydrogens (tertiary/aromatic N) is 3. The number of carboxylic acids is 1. The van der Waals surface area contributed by atoms with Crippen LogP contribution in [0.25, 0.3) is 0 Å². The smallest absolute Gasteiger partial charge is 0.339 e. The molecule has 0 aliphatic carbocycles. The minimum atomic E-state index is -4.10. The average molecular weight is 1060 g/mol. The van der Waals surface area contributed by atoms with Gasteiger partial charge >= 0.3 is 13.6 Å². The van der Waals surface area contributed by atoms with Crippen molar-refractivity contribution in [3.63, 3.8) is 0 Å². The molecule has 0 fully saturated rings.